The van der Waals surface area contributed by atoms with Crippen molar-refractivity contribution in [3.63, 3.8) is 0 Å². The van der Waals surface area contributed by atoms with E-state index < -0.39 is 0 Å². The molecule has 4 heteroatoms. The van der Waals surface area contributed by atoms with Crippen LogP contribution in [0.1, 0.15) is 42.3 Å². The number of hydrogen-bond acceptors (Lipinski definition) is 4. The summed E-state index contributed by atoms with van der Waals surface area (Å²) in [5.41, 5.74) is 1.10. The van der Waals surface area contributed by atoms with Gasteiger partial charge in [0, 0.05) is 30.5 Å². The van der Waals surface area contributed by atoms with Gasteiger partial charge in [-0.15, -0.1) is 11.3 Å². The molecule has 2 fully saturated rings. The molecule has 2 aliphatic heterocycles. The third kappa shape index (κ3) is 2.14. The molecule has 0 saturated carbocycles. The average molecular weight is 252 g/mol. The number of aromatic nitrogens is 1. The van der Waals surface area contributed by atoms with Gasteiger partial charge in [0.2, 0.25) is 0 Å². The zero-order valence-corrected chi connectivity index (χ0v) is 11.4. The molecule has 2 unspecified atom stereocenters. The number of thiazole rings is 1. The molecule has 1 aromatic heterocycles. The van der Waals surface area contributed by atoms with E-state index in [2.05, 4.69) is 17.3 Å². The molecule has 3 heterocycles. The number of piperidine rings is 1. The van der Waals surface area contributed by atoms with Crippen molar-refractivity contribution in [3.05, 3.63) is 16.1 Å². The van der Waals surface area contributed by atoms with Crippen molar-refractivity contribution in [2.24, 2.45) is 0 Å². The minimum Gasteiger partial charge on any atom is -0.378 e. The molecule has 0 amide bonds. The van der Waals surface area contributed by atoms with Crippen LogP contribution in [-0.2, 0) is 11.3 Å². The maximum absolute atomic E-state index is 5.14. The number of methoxy groups -OCH3 is 1. The third-order valence-electron chi connectivity index (χ3n) is 4.31. The highest BCUT2D eigenvalue weighted by Crippen LogP contribution is 2.42. The number of ether oxygens (including phenoxy) is 1. The second-order valence-corrected chi connectivity index (χ2v) is 6.22. The molecule has 2 saturated heterocycles. The van der Waals surface area contributed by atoms with Crippen LogP contribution in [0.15, 0.2) is 5.38 Å². The second kappa shape index (κ2) is 4.67. The summed E-state index contributed by atoms with van der Waals surface area (Å²) in [6.45, 7) is 0.649. The molecule has 3 nitrogen and oxygen atoms in total. The van der Waals surface area contributed by atoms with Crippen LogP contribution in [0.3, 0.4) is 0 Å². The highest BCUT2D eigenvalue weighted by molar-refractivity contribution is 7.09. The van der Waals surface area contributed by atoms with Crippen LogP contribution < -0.4 is 0 Å². The van der Waals surface area contributed by atoms with E-state index in [0.29, 0.717) is 12.5 Å². The molecular weight excluding hydrogens is 232 g/mol. The fourth-order valence-corrected chi connectivity index (χ4v) is 4.27. The van der Waals surface area contributed by atoms with Gasteiger partial charge in [-0.3, -0.25) is 0 Å². The van der Waals surface area contributed by atoms with Gasteiger partial charge in [0.05, 0.1) is 17.3 Å². The van der Waals surface area contributed by atoms with Gasteiger partial charge in [-0.05, 0) is 32.7 Å². The van der Waals surface area contributed by atoms with Gasteiger partial charge in [0.15, 0.2) is 0 Å². The van der Waals surface area contributed by atoms with Gasteiger partial charge >= 0.3 is 0 Å². The molecule has 3 rings (SSSR count). The van der Waals surface area contributed by atoms with Crippen LogP contribution in [-0.4, -0.2) is 36.1 Å². The Labute approximate surface area is 107 Å². The highest BCUT2D eigenvalue weighted by atomic mass is 32.1. The summed E-state index contributed by atoms with van der Waals surface area (Å²) in [6, 6.07) is 1.60. The van der Waals surface area contributed by atoms with Gasteiger partial charge in [0.1, 0.15) is 0 Å². The Hall–Kier alpha value is -0.450. The van der Waals surface area contributed by atoms with Crippen molar-refractivity contribution in [2.45, 2.75) is 50.3 Å². The van der Waals surface area contributed by atoms with Crippen LogP contribution in [0.5, 0.6) is 0 Å². The molecule has 94 valence electrons. The molecule has 2 aliphatic rings. The topological polar surface area (TPSA) is 25.4 Å². The lowest BCUT2D eigenvalue weighted by molar-refractivity contribution is 0.160. The van der Waals surface area contributed by atoms with Crippen molar-refractivity contribution in [1.82, 2.24) is 9.88 Å². The van der Waals surface area contributed by atoms with E-state index in [1.54, 1.807) is 7.11 Å². The van der Waals surface area contributed by atoms with Gasteiger partial charge in [-0.1, -0.05) is 0 Å². The van der Waals surface area contributed by atoms with Crippen LogP contribution in [0.2, 0.25) is 0 Å². The summed E-state index contributed by atoms with van der Waals surface area (Å²) in [6.07, 6.45) is 5.36. The Morgan fingerprint density at radius 2 is 2.12 bits per heavy atom. The molecule has 2 atom stereocenters. The summed E-state index contributed by atoms with van der Waals surface area (Å²) < 4.78 is 5.14. The van der Waals surface area contributed by atoms with Crippen molar-refractivity contribution in [1.29, 1.82) is 0 Å². The second-order valence-electron chi connectivity index (χ2n) is 5.33. The lowest BCUT2D eigenvalue weighted by Crippen LogP contribution is -2.39. The zero-order valence-electron chi connectivity index (χ0n) is 10.6. The Bertz CT molecular complexity index is 379. The van der Waals surface area contributed by atoms with Crippen molar-refractivity contribution in [2.75, 3.05) is 14.2 Å². The molecule has 0 N–H and O–H groups in total. The minimum atomic E-state index is 0.649. The first-order valence-electron chi connectivity index (χ1n) is 6.43. The molecular formula is C13H20N2OS. The van der Waals surface area contributed by atoms with E-state index >= 15 is 0 Å². The summed E-state index contributed by atoms with van der Waals surface area (Å²) in [5, 5.41) is 3.49. The van der Waals surface area contributed by atoms with Gasteiger partial charge < -0.3 is 9.64 Å². The molecule has 2 bridgehead atoms. The lowest BCUT2D eigenvalue weighted by Gasteiger charge is -2.35. The monoisotopic (exact) mass is 252 g/mol. The molecule has 0 aliphatic carbocycles. The number of hydrogen-bond donors (Lipinski definition) is 0. The molecule has 1 aromatic rings. The SMILES string of the molecule is COCc1csc(C2CC3CCC(C2)N3C)n1. The fourth-order valence-electron chi connectivity index (χ4n) is 3.34. The summed E-state index contributed by atoms with van der Waals surface area (Å²) in [7, 11) is 4.02. The highest BCUT2D eigenvalue weighted by Gasteiger charge is 2.39. The average Bonchev–Trinajstić information content (AvgIpc) is 2.83. The lowest BCUT2D eigenvalue weighted by atomic mass is 9.92. The maximum atomic E-state index is 5.14. The molecule has 0 aromatic carbocycles. The summed E-state index contributed by atoms with van der Waals surface area (Å²) in [5.74, 6) is 0.694. The molecule has 17 heavy (non-hydrogen) atoms. The molecule has 0 spiro atoms. The first-order valence-corrected chi connectivity index (χ1v) is 7.31. The molecule has 0 radical (unpaired) electrons. The van der Waals surface area contributed by atoms with Gasteiger partial charge in [-0.25, -0.2) is 4.98 Å². The van der Waals surface area contributed by atoms with Crippen LogP contribution in [0, 0.1) is 0 Å². The smallest absolute Gasteiger partial charge is 0.0961 e. The van der Waals surface area contributed by atoms with E-state index in [9.17, 15) is 0 Å². The van der Waals surface area contributed by atoms with Crippen LogP contribution in [0.4, 0.5) is 0 Å². The van der Waals surface area contributed by atoms with E-state index in [-0.39, 0.29) is 0 Å². The van der Waals surface area contributed by atoms with Crippen LogP contribution in [0.25, 0.3) is 0 Å². The zero-order chi connectivity index (χ0) is 11.8. The van der Waals surface area contributed by atoms with Crippen molar-refractivity contribution < 1.29 is 4.74 Å². The normalized spacial score (nSPS) is 33.2. The predicted octanol–water partition coefficient (Wildman–Crippen LogP) is 2.63. The van der Waals surface area contributed by atoms with Crippen molar-refractivity contribution >= 4 is 11.3 Å². The van der Waals surface area contributed by atoms with E-state index in [0.717, 1.165) is 17.8 Å². The number of rotatable bonds is 3. The number of fused-ring (bicyclic) bond motifs is 2. The van der Waals surface area contributed by atoms with E-state index in [1.165, 1.54) is 30.7 Å². The van der Waals surface area contributed by atoms with Gasteiger partial charge in [-0.2, -0.15) is 0 Å². The van der Waals surface area contributed by atoms with Crippen LogP contribution >= 0.6 is 11.3 Å². The minimum absolute atomic E-state index is 0.649. The Balaban J connectivity index is 1.72. The quantitative estimate of drug-likeness (QED) is 0.827. The first-order chi connectivity index (χ1) is 8.28. The first kappa shape index (κ1) is 11.6. The summed E-state index contributed by atoms with van der Waals surface area (Å²) >= 11 is 1.82. The van der Waals surface area contributed by atoms with Crippen molar-refractivity contribution in [3.8, 4) is 0 Å². The predicted molar refractivity (Wildman–Crippen MR) is 69.4 cm³/mol. The van der Waals surface area contributed by atoms with E-state index in [1.807, 2.05) is 11.3 Å². The third-order valence-corrected chi connectivity index (χ3v) is 5.37. The Kier molecular flexibility index (Phi) is 3.19. The fraction of sp³-hybridized carbons (Fsp3) is 0.769. The Morgan fingerprint density at radius 3 is 2.76 bits per heavy atom. The summed E-state index contributed by atoms with van der Waals surface area (Å²) in [4.78, 5) is 7.30. The van der Waals surface area contributed by atoms with E-state index in [4.69, 9.17) is 9.72 Å². The maximum Gasteiger partial charge on any atom is 0.0961 e. The number of nitrogens with zero attached hydrogens (tertiary/aromatic N) is 2. The largest absolute Gasteiger partial charge is 0.378 e. The van der Waals surface area contributed by atoms with Gasteiger partial charge in [0.25, 0.3) is 0 Å². The standard InChI is InChI=1S/C13H20N2OS/c1-15-11-3-4-12(15)6-9(5-11)13-14-10(7-16-2)8-17-13/h8-9,11-12H,3-7H2,1-2H3. The Morgan fingerprint density at radius 1 is 1.41 bits per heavy atom.